The fourth-order valence-corrected chi connectivity index (χ4v) is 9.86. The fraction of sp³-hybridized carbons (Fsp3) is 0.441. The lowest BCUT2D eigenvalue weighted by Crippen LogP contribution is -2.53. The largest absolute Gasteiger partial charge is 0.396 e. The summed E-state index contributed by atoms with van der Waals surface area (Å²) >= 11 is 1.60. The Kier molecular flexibility index (Phi) is 7.77. The van der Waals surface area contributed by atoms with Crippen molar-refractivity contribution in [3.63, 3.8) is 0 Å². The average molecular weight is 627 g/mol. The van der Waals surface area contributed by atoms with E-state index in [0.717, 1.165) is 29.6 Å². The summed E-state index contributed by atoms with van der Waals surface area (Å²) in [5, 5.41) is 17.9. The van der Waals surface area contributed by atoms with E-state index < -0.39 is 27.4 Å². The van der Waals surface area contributed by atoms with Gasteiger partial charge in [0, 0.05) is 36.7 Å². The lowest BCUT2D eigenvalue weighted by atomic mass is 9.74. The third-order valence-electron chi connectivity index (χ3n) is 9.74. The number of rotatable bonds is 9. The molecule has 1 N–H and O–H groups in total. The summed E-state index contributed by atoms with van der Waals surface area (Å²) in [7, 11) is 0. The van der Waals surface area contributed by atoms with Gasteiger partial charge in [0.05, 0.1) is 22.1 Å². The Bertz CT molecular complexity index is 1680. The van der Waals surface area contributed by atoms with Crippen molar-refractivity contribution >= 4 is 46.2 Å². The number of hydrogen-bond acceptors (Lipinski definition) is 7. The lowest BCUT2D eigenvalue weighted by molar-refractivity contribution is -0.143. The smallest absolute Gasteiger partial charge is 0.248 e. The molecular weight excluding hydrogens is 588 g/mol. The van der Waals surface area contributed by atoms with Crippen LogP contribution in [0.2, 0.25) is 0 Å². The van der Waals surface area contributed by atoms with Gasteiger partial charge in [0.2, 0.25) is 17.7 Å². The van der Waals surface area contributed by atoms with Crippen LogP contribution in [-0.4, -0.2) is 89.4 Å². The number of thioether (sulfide) groups is 1. The Hall–Kier alpha value is -3.96. The summed E-state index contributed by atoms with van der Waals surface area (Å²) in [4.78, 5) is 49.2. The Morgan fingerprint density at radius 1 is 0.867 bits per heavy atom. The first kappa shape index (κ1) is 29.7. The number of benzene rings is 2. The van der Waals surface area contributed by atoms with E-state index in [1.54, 1.807) is 31.1 Å². The number of nitrogens with zero attached hydrogens (tertiary/aromatic N) is 6. The Balaban J connectivity index is 1.27. The average Bonchev–Trinajstić information content (AvgIpc) is 3.57. The molecule has 45 heavy (non-hydrogen) atoms. The van der Waals surface area contributed by atoms with Crippen molar-refractivity contribution in [3.05, 3.63) is 78.9 Å². The van der Waals surface area contributed by atoms with Crippen LogP contribution in [0.15, 0.2) is 78.9 Å². The lowest BCUT2D eigenvalue weighted by Gasteiger charge is -2.36. The zero-order valence-corrected chi connectivity index (χ0v) is 26.2. The molecule has 1 spiro atoms. The minimum absolute atomic E-state index is 0.0870. The number of fused-ring (bicyclic) bond motifs is 3. The van der Waals surface area contributed by atoms with Gasteiger partial charge in [-0.05, 0) is 44.0 Å². The maximum absolute atomic E-state index is 14.7. The molecule has 5 heterocycles. The normalized spacial score (nSPS) is 29.2. The second-order valence-electron chi connectivity index (χ2n) is 12.5. The van der Waals surface area contributed by atoms with Crippen LogP contribution in [-0.2, 0) is 21.1 Å². The number of amides is 3. The van der Waals surface area contributed by atoms with E-state index in [2.05, 4.69) is 22.5 Å². The molecule has 2 saturated heterocycles. The number of carbonyl (C=O) groups excluding carboxylic acids is 3. The van der Waals surface area contributed by atoms with Gasteiger partial charge in [-0.2, -0.15) is 0 Å². The highest BCUT2D eigenvalue weighted by Crippen LogP contribution is 2.65. The van der Waals surface area contributed by atoms with Crippen LogP contribution < -0.4 is 4.90 Å². The van der Waals surface area contributed by atoms with Crippen molar-refractivity contribution in [3.8, 4) is 0 Å². The minimum atomic E-state index is -0.905. The van der Waals surface area contributed by atoms with Gasteiger partial charge in [0.1, 0.15) is 18.2 Å². The molecule has 0 radical (unpaired) electrons. The summed E-state index contributed by atoms with van der Waals surface area (Å²) in [5.74, 6) is -1.69. The molecule has 1 unspecified atom stereocenters. The van der Waals surface area contributed by atoms with Crippen LogP contribution in [0.3, 0.4) is 0 Å². The minimum Gasteiger partial charge on any atom is -0.396 e. The number of aliphatic hydroxyl groups is 1. The molecule has 4 aliphatic rings. The van der Waals surface area contributed by atoms with Crippen molar-refractivity contribution in [1.82, 2.24) is 24.8 Å². The molecule has 11 heteroatoms. The molecule has 4 aliphatic heterocycles. The monoisotopic (exact) mass is 626 g/mol. The number of aliphatic hydroxyl groups excluding tert-OH is 1. The van der Waals surface area contributed by atoms with Crippen LogP contribution >= 0.6 is 11.8 Å². The van der Waals surface area contributed by atoms with Crippen LogP contribution in [0, 0.1) is 11.8 Å². The predicted octanol–water partition coefficient (Wildman–Crippen LogP) is 3.63. The van der Waals surface area contributed by atoms with Crippen molar-refractivity contribution in [2.24, 2.45) is 11.8 Å². The number of carbonyl (C=O) groups is 3. The second-order valence-corrected chi connectivity index (χ2v) is 14.3. The highest BCUT2D eigenvalue weighted by Gasteiger charge is 2.73. The molecule has 0 aliphatic carbocycles. The summed E-state index contributed by atoms with van der Waals surface area (Å²) < 4.78 is 0.148. The molecule has 1 aromatic heterocycles. The van der Waals surface area contributed by atoms with E-state index in [4.69, 9.17) is 0 Å². The van der Waals surface area contributed by atoms with E-state index in [0.29, 0.717) is 32.5 Å². The molecule has 3 aromatic rings. The van der Waals surface area contributed by atoms with Crippen molar-refractivity contribution in [1.29, 1.82) is 0 Å². The predicted molar refractivity (Wildman–Crippen MR) is 173 cm³/mol. The topological polar surface area (TPSA) is 112 Å². The first-order chi connectivity index (χ1) is 21.9. The fourth-order valence-electron chi connectivity index (χ4n) is 7.71. The van der Waals surface area contributed by atoms with E-state index in [9.17, 15) is 19.5 Å². The maximum atomic E-state index is 14.7. The van der Waals surface area contributed by atoms with E-state index in [1.165, 1.54) is 0 Å². The van der Waals surface area contributed by atoms with Crippen molar-refractivity contribution in [2.75, 3.05) is 31.1 Å². The third-order valence-corrected chi connectivity index (χ3v) is 11.5. The highest BCUT2D eigenvalue weighted by atomic mass is 32.2. The van der Waals surface area contributed by atoms with E-state index in [-0.39, 0.29) is 31.0 Å². The molecular formula is C34H38N6O4S. The Labute approximate surface area is 266 Å². The number of unbranched alkanes of at least 4 members (excludes halogenated alkanes) is 3. The van der Waals surface area contributed by atoms with Crippen LogP contribution in [0.4, 0.5) is 5.69 Å². The van der Waals surface area contributed by atoms with Crippen molar-refractivity contribution in [2.45, 2.75) is 54.8 Å². The SMILES string of the molecule is C[C@]12C=CCN(c3ccccc3)C(=O)[C@H]1[C@H]1C(=O)N(CCCCCCO)C3C(=O)N(Cn4nnc5ccccc54)CC=C[C@@]31S2. The van der Waals surface area contributed by atoms with Gasteiger partial charge >= 0.3 is 0 Å². The van der Waals surface area contributed by atoms with Crippen LogP contribution in [0.5, 0.6) is 0 Å². The molecule has 3 amide bonds. The molecule has 10 nitrogen and oxygen atoms in total. The zero-order valence-electron chi connectivity index (χ0n) is 25.4. The van der Waals surface area contributed by atoms with Gasteiger partial charge in [-0.15, -0.1) is 16.9 Å². The van der Waals surface area contributed by atoms with E-state index in [1.807, 2.05) is 73.7 Å². The molecule has 5 atom stereocenters. The van der Waals surface area contributed by atoms with Gasteiger partial charge < -0.3 is 19.8 Å². The van der Waals surface area contributed by atoms with Gasteiger partial charge in [-0.3, -0.25) is 14.4 Å². The second kappa shape index (κ2) is 11.8. The Morgan fingerprint density at radius 2 is 1.62 bits per heavy atom. The summed E-state index contributed by atoms with van der Waals surface area (Å²) in [5.41, 5.74) is 2.37. The summed E-state index contributed by atoms with van der Waals surface area (Å²) in [6.45, 7) is 3.59. The molecule has 7 rings (SSSR count). The Morgan fingerprint density at radius 3 is 2.44 bits per heavy atom. The zero-order chi connectivity index (χ0) is 31.2. The van der Waals surface area contributed by atoms with Crippen molar-refractivity contribution < 1.29 is 19.5 Å². The summed E-state index contributed by atoms with van der Waals surface area (Å²) in [6.07, 6.45) is 11.3. The maximum Gasteiger partial charge on any atom is 0.248 e. The first-order valence-corrected chi connectivity index (χ1v) is 16.6. The molecule has 2 fully saturated rings. The molecule has 2 aromatic carbocycles. The summed E-state index contributed by atoms with van der Waals surface area (Å²) in [6, 6.07) is 16.5. The van der Waals surface area contributed by atoms with Crippen LogP contribution in [0.1, 0.15) is 32.6 Å². The van der Waals surface area contributed by atoms with Gasteiger partial charge in [0.15, 0.2) is 0 Å². The van der Waals surface area contributed by atoms with E-state index >= 15 is 0 Å². The number of likely N-dealkylation sites (tertiary alicyclic amines) is 1. The number of hydrogen-bond donors (Lipinski definition) is 1. The highest BCUT2D eigenvalue weighted by molar-refractivity contribution is 8.02. The third kappa shape index (κ3) is 4.87. The molecule has 234 valence electrons. The number of aromatic nitrogens is 3. The number of anilines is 1. The number of para-hydroxylation sites is 2. The van der Waals surface area contributed by atoms with Gasteiger partial charge in [-0.1, -0.05) is 72.7 Å². The molecule has 0 saturated carbocycles. The molecule has 0 bridgehead atoms. The first-order valence-electron chi connectivity index (χ1n) is 15.8. The van der Waals surface area contributed by atoms with Crippen LogP contribution in [0.25, 0.3) is 11.0 Å². The van der Waals surface area contributed by atoms with Gasteiger partial charge in [-0.25, -0.2) is 4.68 Å². The quantitative estimate of drug-likeness (QED) is 0.285. The van der Waals surface area contributed by atoms with Gasteiger partial charge in [0.25, 0.3) is 0 Å². The standard InChI is InChI=1S/C34H38N6O4S/c1-33-17-11-21-38(24-13-5-4-6-14-24)30(42)27(33)28-31(43)39(20-9-2-3-10-22-41)29-32(44)37(19-12-18-34(28,29)45-33)23-40-26-16-8-7-15-25(26)35-36-40/h4-8,11-18,27-29,41H,2-3,9-10,19-23H2,1H3/t27-,28+,29?,33+,34+/m1/s1.